The molecule has 1 aromatic carbocycles. The third-order valence-electron chi connectivity index (χ3n) is 3.91. The van der Waals surface area contributed by atoms with E-state index in [0.29, 0.717) is 25.4 Å². The van der Waals surface area contributed by atoms with Crippen LogP contribution >= 0.6 is 0 Å². The number of piperazine rings is 1. The standard InChI is InChI=1S/C16H25N3O4S/c1-3-19(13-16(20)18-11-9-17-10-12-18)24(21,22)15-7-5-14(6-8-15)23-4-2/h5-8,17H,3-4,9-13H2,1-2H3. The minimum absolute atomic E-state index is 0.133. The highest BCUT2D eigenvalue weighted by Gasteiger charge is 2.27. The van der Waals surface area contributed by atoms with E-state index in [4.69, 9.17) is 4.74 Å². The Morgan fingerprint density at radius 3 is 2.38 bits per heavy atom. The van der Waals surface area contributed by atoms with Crippen molar-refractivity contribution >= 4 is 15.9 Å². The number of nitrogens with zero attached hydrogens (tertiary/aromatic N) is 2. The number of hydrogen-bond acceptors (Lipinski definition) is 5. The van der Waals surface area contributed by atoms with Gasteiger partial charge in [-0.25, -0.2) is 8.42 Å². The molecular formula is C16H25N3O4S. The number of sulfonamides is 1. The Bertz CT molecular complexity index is 640. The lowest BCUT2D eigenvalue weighted by Gasteiger charge is -2.29. The highest BCUT2D eigenvalue weighted by molar-refractivity contribution is 7.89. The minimum atomic E-state index is -3.70. The number of likely N-dealkylation sites (N-methyl/N-ethyl adjacent to an activating group) is 1. The average Bonchev–Trinajstić information content (AvgIpc) is 2.60. The fourth-order valence-corrected chi connectivity index (χ4v) is 3.95. The first kappa shape index (κ1) is 18.7. The molecule has 24 heavy (non-hydrogen) atoms. The van der Waals surface area contributed by atoms with E-state index >= 15 is 0 Å². The van der Waals surface area contributed by atoms with Gasteiger partial charge < -0.3 is 15.0 Å². The van der Waals surface area contributed by atoms with Crippen molar-refractivity contribution in [2.24, 2.45) is 0 Å². The lowest BCUT2D eigenvalue weighted by atomic mass is 10.3. The van der Waals surface area contributed by atoms with Gasteiger partial charge in [-0.15, -0.1) is 0 Å². The molecule has 0 spiro atoms. The van der Waals surface area contributed by atoms with E-state index < -0.39 is 10.0 Å². The van der Waals surface area contributed by atoms with Crippen LogP contribution in [0.5, 0.6) is 5.75 Å². The number of nitrogens with one attached hydrogen (secondary N) is 1. The van der Waals surface area contributed by atoms with Crippen molar-refractivity contribution in [1.82, 2.24) is 14.5 Å². The zero-order chi connectivity index (χ0) is 17.6. The van der Waals surface area contributed by atoms with Gasteiger partial charge >= 0.3 is 0 Å². The molecule has 0 atom stereocenters. The van der Waals surface area contributed by atoms with E-state index in [-0.39, 0.29) is 23.9 Å². The van der Waals surface area contributed by atoms with Crippen LogP contribution in [0.4, 0.5) is 0 Å². The highest BCUT2D eigenvalue weighted by atomic mass is 32.2. The molecule has 1 heterocycles. The van der Waals surface area contributed by atoms with E-state index in [1.807, 2.05) is 6.92 Å². The molecule has 0 unspecified atom stereocenters. The summed E-state index contributed by atoms with van der Waals surface area (Å²) < 4.78 is 32.1. The summed E-state index contributed by atoms with van der Waals surface area (Å²) in [7, 11) is -3.70. The van der Waals surface area contributed by atoms with E-state index in [9.17, 15) is 13.2 Å². The maximum atomic E-state index is 12.8. The molecule has 1 N–H and O–H groups in total. The first-order valence-electron chi connectivity index (χ1n) is 8.20. The van der Waals surface area contributed by atoms with Crippen LogP contribution in [0.1, 0.15) is 13.8 Å². The molecule has 1 aliphatic rings. The summed E-state index contributed by atoms with van der Waals surface area (Å²) in [6.07, 6.45) is 0. The smallest absolute Gasteiger partial charge is 0.243 e. The molecular weight excluding hydrogens is 330 g/mol. The molecule has 0 saturated carbocycles. The second-order valence-corrected chi connectivity index (χ2v) is 7.40. The van der Waals surface area contributed by atoms with Crippen LogP contribution in [0.25, 0.3) is 0 Å². The quantitative estimate of drug-likeness (QED) is 0.772. The van der Waals surface area contributed by atoms with Crippen molar-refractivity contribution in [2.45, 2.75) is 18.7 Å². The van der Waals surface area contributed by atoms with Gasteiger partial charge in [0.1, 0.15) is 5.75 Å². The number of benzene rings is 1. The van der Waals surface area contributed by atoms with Crippen LogP contribution in [-0.2, 0) is 14.8 Å². The Morgan fingerprint density at radius 1 is 1.21 bits per heavy atom. The zero-order valence-corrected chi connectivity index (χ0v) is 15.0. The second kappa shape index (κ2) is 8.46. The van der Waals surface area contributed by atoms with Gasteiger partial charge in [-0.05, 0) is 31.2 Å². The molecule has 1 aromatic rings. The second-order valence-electron chi connectivity index (χ2n) is 5.47. The van der Waals surface area contributed by atoms with Gasteiger partial charge in [0.15, 0.2) is 0 Å². The lowest BCUT2D eigenvalue weighted by molar-refractivity contribution is -0.131. The first-order chi connectivity index (χ1) is 11.5. The normalized spacial score (nSPS) is 15.5. The monoisotopic (exact) mass is 355 g/mol. The third-order valence-corrected chi connectivity index (χ3v) is 5.84. The van der Waals surface area contributed by atoms with Crippen LogP contribution in [0, 0.1) is 0 Å². The zero-order valence-electron chi connectivity index (χ0n) is 14.2. The number of hydrogen-bond donors (Lipinski definition) is 1. The Morgan fingerprint density at radius 2 is 1.83 bits per heavy atom. The van der Waals surface area contributed by atoms with Crippen LogP contribution in [0.3, 0.4) is 0 Å². The first-order valence-corrected chi connectivity index (χ1v) is 9.64. The lowest BCUT2D eigenvalue weighted by Crippen LogP contribution is -2.50. The fraction of sp³-hybridized carbons (Fsp3) is 0.562. The van der Waals surface area contributed by atoms with Crippen molar-refractivity contribution in [3.05, 3.63) is 24.3 Å². The van der Waals surface area contributed by atoms with E-state index in [1.165, 1.54) is 16.4 Å². The van der Waals surface area contributed by atoms with Crippen molar-refractivity contribution in [3.63, 3.8) is 0 Å². The summed E-state index contributed by atoms with van der Waals surface area (Å²) in [4.78, 5) is 14.2. The molecule has 1 aliphatic heterocycles. The van der Waals surface area contributed by atoms with Gasteiger partial charge in [0.2, 0.25) is 15.9 Å². The number of amides is 1. The Balaban J connectivity index is 2.10. The van der Waals surface area contributed by atoms with Gasteiger partial charge in [0.05, 0.1) is 18.0 Å². The minimum Gasteiger partial charge on any atom is -0.494 e. The van der Waals surface area contributed by atoms with Gasteiger partial charge in [-0.1, -0.05) is 6.92 Å². The van der Waals surface area contributed by atoms with Crippen molar-refractivity contribution in [2.75, 3.05) is 45.9 Å². The summed E-state index contributed by atoms with van der Waals surface area (Å²) in [5.74, 6) is 0.462. The number of carbonyl (C=O) groups excluding carboxylic acids is 1. The van der Waals surface area contributed by atoms with Crippen LogP contribution in [0.2, 0.25) is 0 Å². The summed E-state index contributed by atoms with van der Waals surface area (Å²) in [6.45, 7) is 6.93. The van der Waals surface area contributed by atoms with Crippen molar-refractivity contribution in [1.29, 1.82) is 0 Å². The Hall–Kier alpha value is -1.64. The van der Waals surface area contributed by atoms with E-state index in [2.05, 4.69) is 5.32 Å². The van der Waals surface area contributed by atoms with Crippen molar-refractivity contribution in [3.8, 4) is 5.75 Å². The third kappa shape index (κ3) is 4.46. The summed E-state index contributed by atoms with van der Waals surface area (Å²) in [6, 6.07) is 6.28. The van der Waals surface area contributed by atoms with E-state index in [1.54, 1.807) is 24.0 Å². The number of ether oxygens (including phenoxy) is 1. The van der Waals surface area contributed by atoms with Crippen molar-refractivity contribution < 1.29 is 17.9 Å². The molecule has 1 fully saturated rings. The maximum absolute atomic E-state index is 12.8. The Kier molecular flexibility index (Phi) is 6.59. The predicted octanol–water partition coefficient (Wildman–Crippen LogP) is 0.528. The van der Waals surface area contributed by atoms with E-state index in [0.717, 1.165) is 13.1 Å². The molecule has 0 aromatic heterocycles. The summed E-state index contributed by atoms with van der Waals surface area (Å²) >= 11 is 0. The molecule has 2 rings (SSSR count). The van der Waals surface area contributed by atoms with Crippen LogP contribution in [0.15, 0.2) is 29.2 Å². The molecule has 0 bridgehead atoms. The Labute approximate surface area is 143 Å². The van der Waals surface area contributed by atoms with Gasteiger partial charge in [0, 0.05) is 32.7 Å². The molecule has 0 radical (unpaired) electrons. The van der Waals surface area contributed by atoms with Gasteiger partial charge in [0.25, 0.3) is 0 Å². The molecule has 0 aliphatic carbocycles. The fourth-order valence-electron chi connectivity index (χ4n) is 2.56. The molecule has 8 heteroatoms. The SMILES string of the molecule is CCOc1ccc(S(=O)(=O)N(CC)CC(=O)N2CCNCC2)cc1. The molecule has 1 amide bonds. The number of carbonyl (C=O) groups is 1. The summed E-state index contributed by atoms with van der Waals surface area (Å²) in [5.41, 5.74) is 0. The van der Waals surface area contributed by atoms with Crippen LogP contribution < -0.4 is 10.1 Å². The summed E-state index contributed by atoms with van der Waals surface area (Å²) in [5, 5.41) is 3.17. The van der Waals surface area contributed by atoms with Gasteiger partial charge in [-0.3, -0.25) is 4.79 Å². The molecule has 1 saturated heterocycles. The average molecular weight is 355 g/mol. The number of rotatable bonds is 7. The molecule has 7 nitrogen and oxygen atoms in total. The van der Waals surface area contributed by atoms with Crippen LogP contribution in [-0.4, -0.2) is 69.4 Å². The molecule has 134 valence electrons. The maximum Gasteiger partial charge on any atom is 0.243 e. The highest BCUT2D eigenvalue weighted by Crippen LogP contribution is 2.19. The topological polar surface area (TPSA) is 79.0 Å². The largest absolute Gasteiger partial charge is 0.494 e. The predicted molar refractivity (Wildman–Crippen MR) is 91.5 cm³/mol. The van der Waals surface area contributed by atoms with Gasteiger partial charge in [-0.2, -0.15) is 4.31 Å².